The van der Waals surface area contributed by atoms with Crippen molar-refractivity contribution in [2.75, 3.05) is 0 Å². The molecule has 1 aromatic carbocycles. The van der Waals surface area contributed by atoms with Crippen LogP contribution in [0.15, 0.2) is 42.5 Å². The minimum atomic E-state index is -1.35. The van der Waals surface area contributed by atoms with Gasteiger partial charge in [0.15, 0.2) is 0 Å². The number of hydrogen-bond acceptors (Lipinski definition) is 9. The highest BCUT2D eigenvalue weighted by molar-refractivity contribution is 6.07. The van der Waals surface area contributed by atoms with E-state index in [-0.39, 0.29) is 42.4 Å². The number of fused-ring (bicyclic) bond motifs is 10. The minimum Gasteiger partial charge on any atom is -0.328 e. The van der Waals surface area contributed by atoms with Gasteiger partial charge in [-0.05, 0) is 67.3 Å². The minimum absolute atomic E-state index is 0.0375. The smallest absolute Gasteiger partial charge is 0.328 e. The van der Waals surface area contributed by atoms with Gasteiger partial charge >= 0.3 is 18.0 Å². The van der Waals surface area contributed by atoms with Gasteiger partial charge in [0.1, 0.15) is 12.1 Å². The number of allylic oxidation sites excluding steroid dienone is 2. The van der Waals surface area contributed by atoms with Crippen LogP contribution in [0.5, 0.6) is 0 Å². The van der Waals surface area contributed by atoms with Crippen LogP contribution >= 0.6 is 0 Å². The van der Waals surface area contributed by atoms with E-state index in [2.05, 4.69) is 10.6 Å². The zero-order valence-electron chi connectivity index (χ0n) is 26.2. The van der Waals surface area contributed by atoms with Gasteiger partial charge in [0.2, 0.25) is 0 Å². The number of nitrogens with one attached hydrogen (secondary N) is 2. The Bertz CT molecular complexity index is 1500. The summed E-state index contributed by atoms with van der Waals surface area (Å²) in [5, 5.41) is 6.17. The van der Waals surface area contributed by atoms with Crippen molar-refractivity contribution < 1.29 is 43.2 Å². The van der Waals surface area contributed by atoms with Crippen LogP contribution in [0.1, 0.15) is 51.5 Å². The summed E-state index contributed by atoms with van der Waals surface area (Å²) >= 11 is 0. The van der Waals surface area contributed by atoms with Gasteiger partial charge in [-0.15, -0.1) is 10.1 Å². The number of carbonyl (C=O) groups is 7. The molecule has 2 heterocycles. The number of urea groups is 1. The van der Waals surface area contributed by atoms with Crippen molar-refractivity contribution in [1.29, 1.82) is 0 Å². The average molecular weight is 647 g/mol. The van der Waals surface area contributed by atoms with E-state index in [1.807, 2.05) is 26.0 Å². The quantitative estimate of drug-likeness (QED) is 0.286. The zero-order chi connectivity index (χ0) is 33.1. The molecule has 6 aliphatic rings. The maximum Gasteiger partial charge on any atom is 0.355 e. The highest BCUT2D eigenvalue weighted by atomic mass is 16.7. The maximum atomic E-state index is 13.5. The van der Waals surface area contributed by atoms with Crippen molar-refractivity contribution in [3.05, 3.63) is 48.0 Å². The second-order valence-corrected chi connectivity index (χ2v) is 14.2. The second kappa shape index (κ2) is 11.9. The fourth-order valence-corrected chi connectivity index (χ4v) is 8.83. The van der Waals surface area contributed by atoms with E-state index in [9.17, 15) is 33.6 Å². The van der Waals surface area contributed by atoms with Gasteiger partial charge in [0.05, 0.1) is 23.7 Å². The fourth-order valence-electron chi connectivity index (χ4n) is 8.83. The van der Waals surface area contributed by atoms with E-state index in [4.69, 9.17) is 9.68 Å². The Balaban J connectivity index is 1.03. The molecule has 2 saturated heterocycles. The molecular weight excluding hydrogens is 608 g/mol. The van der Waals surface area contributed by atoms with Gasteiger partial charge in [0, 0.05) is 6.42 Å². The standard InChI is InChI=1S/C34H38N4O9/c1-16(2)12-22(32(43)46-37-28(39)24-18-8-9-19(14-18)25(24)29(37)40)35-34(45)36-23(13-17-6-4-3-5-7-17)33(44)47-38-30(41)26-20-10-11-21(15-20)27(26)31(38)42/h3-7,10-11,16,18-27H,8-9,12-15H2,1-2H3,(H2,35,36,45)/t18?,19?,20?,21?,22-,23?,24?,25?,26?,27?/m0/s1. The van der Waals surface area contributed by atoms with Crippen LogP contribution in [0.4, 0.5) is 4.79 Å². The number of imide groups is 2. The van der Waals surface area contributed by atoms with Crippen LogP contribution in [0.3, 0.4) is 0 Å². The lowest BCUT2D eigenvalue weighted by Crippen LogP contribution is -2.54. The Morgan fingerprint density at radius 2 is 1.21 bits per heavy atom. The predicted molar refractivity (Wildman–Crippen MR) is 160 cm³/mol. The highest BCUT2D eigenvalue weighted by Gasteiger charge is 2.63. The summed E-state index contributed by atoms with van der Waals surface area (Å²) in [7, 11) is 0. The molecule has 3 saturated carbocycles. The molecule has 248 valence electrons. The number of benzene rings is 1. The SMILES string of the molecule is CC(C)C[C@H](NC(=O)NC(Cc1ccccc1)C(=O)ON1C(=O)C2C3C=CC(C3)C2C1=O)C(=O)ON1C(=O)C2C3CCC(C3)C2C1=O. The molecule has 4 bridgehead atoms. The maximum absolute atomic E-state index is 13.5. The van der Waals surface area contributed by atoms with Crippen molar-refractivity contribution in [3.8, 4) is 0 Å². The summed E-state index contributed by atoms with van der Waals surface area (Å²) in [6.45, 7) is 3.65. The first-order valence-corrected chi connectivity index (χ1v) is 16.5. The third-order valence-electron chi connectivity index (χ3n) is 10.8. The Morgan fingerprint density at radius 3 is 1.74 bits per heavy atom. The largest absolute Gasteiger partial charge is 0.355 e. The third kappa shape index (κ3) is 5.39. The summed E-state index contributed by atoms with van der Waals surface area (Å²) in [6.07, 6.45) is 7.22. The van der Waals surface area contributed by atoms with Crippen LogP contribution in [0, 0.1) is 53.3 Å². The molecule has 9 unspecified atom stereocenters. The van der Waals surface area contributed by atoms with Crippen LogP contribution < -0.4 is 10.6 Å². The van der Waals surface area contributed by atoms with Crippen molar-refractivity contribution in [2.24, 2.45) is 53.3 Å². The number of nitrogens with zero attached hydrogens (tertiary/aromatic N) is 2. The van der Waals surface area contributed by atoms with Crippen molar-refractivity contribution in [3.63, 3.8) is 0 Å². The number of amides is 6. The fraction of sp³-hybridized carbons (Fsp3) is 0.559. The Hall–Kier alpha value is -4.55. The molecule has 10 atom stereocenters. The van der Waals surface area contributed by atoms with E-state index in [0.717, 1.165) is 25.7 Å². The molecule has 2 aliphatic heterocycles. The first kappa shape index (κ1) is 31.1. The van der Waals surface area contributed by atoms with Gasteiger partial charge in [-0.3, -0.25) is 19.2 Å². The van der Waals surface area contributed by atoms with Crippen LogP contribution in [-0.2, 0) is 44.9 Å². The number of rotatable bonds is 10. The molecule has 47 heavy (non-hydrogen) atoms. The van der Waals surface area contributed by atoms with Crippen molar-refractivity contribution in [2.45, 2.75) is 64.5 Å². The topological polar surface area (TPSA) is 168 Å². The lowest BCUT2D eigenvalue weighted by molar-refractivity contribution is -0.201. The van der Waals surface area contributed by atoms with Gasteiger partial charge < -0.3 is 20.3 Å². The van der Waals surface area contributed by atoms with Crippen LogP contribution in [-0.4, -0.2) is 63.8 Å². The van der Waals surface area contributed by atoms with E-state index in [1.54, 1.807) is 30.3 Å². The third-order valence-corrected chi connectivity index (χ3v) is 10.8. The number of hydroxylamine groups is 4. The van der Waals surface area contributed by atoms with E-state index >= 15 is 0 Å². The predicted octanol–water partition coefficient (Wildman–Crippen LogP) is 2.07. The molecule has 7 rings (SSSR count). The Labute approximate surface area is 271 Å². The van der Waals surface area contributed by atoms with Gasteiger partial charge in [-0.1, -0.05) is 56.3 Å². The summed E-state index contributed by atoms with van der Waals surface area (Å²) < 4.78 is 0. The van der Waals surface area contributed by atoms with Crippen LogP contribution in [0.2, 0.25) is 0 Å². The number of hydrogen-bond donors (Lipinski definition) is 2. The molecule has 5 fully saturated rings. The molecule has 4 aliphatic carbocycles. The molecule has 13 heteroatoms. The molecule has 0 aromatic heterocycles. The summed E-state index contributed by atoms with van der Waals surface area (Å²) in [5.74, 6) is -6.30. The lowest BCUT2D eigenvalue weighted by atomic mass is 9.81. The first-order chi connectivity index (χ1) is 22.5. The monoisotopic (exact) mass is 646 g/mol. The highest BCUT2D eigenvalue weighted by Crippen LogP contribution is 2.56. The first-order valence-electron chi connectivity index (χ1n) is 16.5. The summed E-state index contributed by atoms with van der Waals surface area (Å²) in [4.78, 5) is 103. The van der Waals surface area contributed by atoms with Crippen molar-refractivity contribution in [1.82, 2.24) is 20.8 Å². The lowest BCUT2D eigenvalue weighted by Gasteiger charge is -2.24. The van der Waals surface area contributed by atoms with E-state index in [0.29, 0.717) is 15.7 Å². The normalized spacial score (nSPS) is 32.6. The summed E-state index contributed by atoms with van der Waals surface area (Å²) in [6, 6.07) is 5.25. The molecule has 2 N–H and O–H groups in total. The van der Waals surface area contributed by atoms with Gasteiger partial charge in [-0.2, -0.15) is 0 Å². The molecule has 13 nitrogen and oxygen atoms in total. The number of carbonyl (C=O) groups excluding carboxylic acids is 7. The average Bonchev–Trinajstić information content (AvgIpc) is 3.89. The van der Waals surface area contributed by atoms with Gasteiger partial charge in [-0.25, -0.2) is 14.4 Å². The molecule has 0 spiro atoms. The Kier molecular flexibility index (Phi) is 7.88. The Morgan fingerprint density at radius 1 is 0.723 bits per heavy atom. The molecular formula is C34H38N4O9. The second-order valence-electron chi connectivity index (χ2n) is 14.2. The van der Waals surface area contributed by atoms with Crippen LogP contribution in [0.25, 0.3) is 0 Å². The van der Waals surface area contributed by atoms with Gasteiger partial charge in [0.25, 0.3) is 23.6 Å². The van der Waals surface area contributed by atoms with E-state index in [1.165, 1.54) is 0 Å². The molecule has 6 amide bonds. The van der Waals surface area contributed by atoms with E-state index < -0.39 is 77.4 Å². The van der Waals surface area contributed by atoms with Crippen molar-refractivity contribution >= 4 is 41.6 Å². The summed E-state index contributed by atoms with van der Waals surface area (Å²) in [5.41, 5.74) is 0.664. The molecule has 1 aromatic rings. The zero-order valence-corrected chi connectivity index (χ0v) is 26.2. The molecule has 0 radical (unpaired) electrons.